The molecule has 0 aliphatic rings. The van der Waals surface area contributed by atoms with Gasteiger partial charge in [-0.1, -0.05) is 30.3 Å². The Labute approximate surface area is 94.9 Å². The van der Waals surface area contributed by atoms with Crippen molar-refractivity contribution in [1.29, 1.82) is 0 Å². The lowest BCUT2D eigenvalue weighted by Crippen LogP contribution is -2.36. The van der Waals surface area contributed by atoms with Crippen molar-refractivity contribution in [1.82, 2.24) is 5.32 Å². The second-order valence-electron chi connectivity index (χ2n) is 3.76. The Morgan fingerprint density at radius 1 is 1.38 bits per heavy atom. The third kappa shape index (κ3) is 3.64. The van der Waals surface area contributed by atoms with Crippen LogP contribution in [0.5, 0.6) is 0 Å². The summed E-state index contributed by atoms with van der Waals surface area (Å²) in [5.41, 5.74) is 0.921. The van der Waals surface area contributed by atoms with Crippen molar-refractivity contribution >= 4 is 5.97 Å². The molecule has 2 atom stereocenters. The Balaban J connectivity index is 2.69. The van der Waals surface area contributed by atoms with Gasteiger partial charge in [-0.05, 0) is 19.0 Å². The second-order valence-corrected chi connectivity index (χ2v) is 3.76. The fourth-order valence-electron chi connectivity index (χ4n) is 1.61. The van der Waals surface area contributed by atoms with Gasteiger partial charge in [0, 0.05) is 6.54 Å². The van der Waals surface area contributed by atoms with Crippen molar-refractivity contribution in [3.05, 3.63) is 35.9 Å². The molecular formula is C12H17NO3. The van der Waals surface area contributed by atoms with Crippen LogP contribution in [-0.2, 0) is 11.2 Å². The number of hydrogen-bond acceptors (Lipinski definition) is 3. The highest BCUT2D eigenvalue weighted by atomic mass is 16.4. The standard InChI is InChI=1S/C12H17NO3/c1-13-8-11(14)10(12(15)16)7-9-5-3-2-4-6-9/h2-6,10-11,13-14H,7-8H2,1H3,(H,15,16)/t10-,11+/m1/s1. The van der Waals surface area contributed by atoms with Crippen LogP contribution < -0.4 is 5.32 Å². The molecule has 3 N–H and O–H groups in total. The number of rotatable bonds is 6. The predicted octanol–water partition coefficient (Wildman–Crippen LogP) is 0.510. The molecule has 0 aliphatic carbocycles. The van der Waals surface area contributed by atoms with Crippen LogP contribution in [0.15, 0.2) is 30.3 Å². The minimum absolute atomic E-state index is 0.282. The van der Waals surface area contributed by atoms with E-state index in [4.69, 9.17) is 5.11 Å². The lowest BCUT2D eigenvalue weighted by atomic mass is 9.94. The second kappa shape index (κ2) is 6.25. The van der Waals surface area contributed by atoms with Gasteiger partial charge in [-0.15, -0.1) is 0 Å². The van der Waals surface area contributed by atoms with E-state index in [9.17, 15) is 9.90 Å². The van der Waals surface area contributed by atoms with Crippen molar-refractivity contribution < 1.29 is 15.0 Å². The van der Waals surface area contributed by atoms with Gasteiger partial charge in [0.15, 0.2) is 0 Å². The van der Waals surface area contributed by atoms with Gasteiger partial charge in [-0.2, -0.15) is 0 Å². The summed E-state index contributed by atoms with van der Waals surface area (Å²) in [6.45, 7) is 0.282. The number of benzene rings is 1. The zero-order valence-corrected chi connectivity index (χ0v) is 9.26. The molecule has 1 aromatic carbocycles. The first-order valence-corrected chi connectivity index (χ1v) is 5.24. The Hall–Kier alpha value is -1.39. The lowest BCUT2D eigenvalue weighted by Gasteiger charge is -2.18. The lowest BCUT2D eigenvalue weighted by molar-refractivity contribution is -0.145. The maximum absolute atomic E-state index is 11.0. The molecule has 0 bridgehead atoms. The number of aliphatic hydroxyl groups excluding tert-OH is 1. The summed E-state index contributed by atoms with van der Waals surface area (Å²) in [5, 5.41) is 21.5. The van der Waals surface area contributed by atoms with E-state index in [2.05, 4.69) is 5.32 Å². The normalized spacial score (nSPS) is 14.4. The quantitative estimate of drug-likeness (QED) is 0.657. The van der Waals surface area contributed by atoms with Crippen LogP contribution in [-0.4, -0.2) is 35.9 Å². The van der Waals surface area contributed by atoms with Crippen LogP contribution >= 0.6 is 0 Å². The summed E-state index contributed by atoms with van der Waals surface area (Å²) in [6.07, 6.45) is -0.526. The van der Waals surface area contributed by atoms with Crippen LogP contribution in [0.1, 0.15) is 5.56 Å². The number of aliphatic carboxylic acids is 1. The van der Waals surface area contributed by atoms with Crippen molar-refractivity contribution in [2.24, 2.45) is 5.92 Å². The molecule has 0 fully saturated rings. The molecule has 4 nitrogen and oxygen atoms in total. The van der Waals surface area contributed by atoms with Gasteiger partial charge in [0.25, 0.3) is 0 Å². The molecule has 16 heavy (non-hydrogen) atoms. The minimum atomic E-state index is -0.966. The first kappa shape index (κ1) is 12.7. The fourth-order valence-corrected chi connectivity index (χ4v) is 1.61. The zero-order chi connectivity index (χ0) is 12.0. The van der Waals surface area contributed by atoms with E-state index >= 15 is 0 Å². The Morgan fingerprint density at radius 3 is 2.50 bits per heavy atom. The van der Waals surface area contributed by atoms with Gasteiger partial charge < -0.3 is 15.5 Å². The third-order valence-electron chi connectivity index (χ3n) is 2.49. The number of carboxylic acids is 1. The molecule has 0 saturated heterocycles. The van der Waals surface area contributed by atoms with Gasteiger partial charge >= 0.3 is 5.97 Å². The Morgan fingerprint density at radius 2 is 2.00 bits per heavy atom. The van der Waals surface area contributed by atoms with Gasteiger partial charge in [0.1, 0.15) is 0 Å². The van der Waals surface area contributed by atoms with E-state index < -0.39 is 18.0 Å². The third-order valence-corrected chi connectivity index (χ3v) is 2.49. The molecule has 0 aliphatic heterocycles. The van der Waals surface area contributed by atoms with Crippen molar-refractivity contribution in [2.75, 3.05) is 13.6 Å². The average Bonchev–Trinajstić information content (AvgIpc) is 2.27. The summed E-state index contributed by atoms with van der Waals surface area (Å²) in [7, 11) is 1.69. The van der Waals surface area contributed by atoms with Gasteiger partial charge in [0.2, 0.25) is 0 Å². The first-order chi connectivity index (χ1) is 7.65. The molecule has 88 valence electrons. The summed E-state index contributed by atoms with van der Waals surface area (Å²) < 4.78 is 0. The van der Waals surface area contributed by atoms with E-state index in [0.29, 0.717) is 6.42 Å². The molecule has 1 rings (SSSR count). The molecule has 0 unspecified atom stereocenters. The van der Waals surface area contributed by atoms with Crippen molar-refractivity contribution in [2.45, 2.75) is 12.5 Å². The molecule has 0 heterocycles. The van der Waals surface area contributed by atoms with Gasteiger partial charge in [0.05, 0.1) is 12.0 Å². The van der Waals surface area contributed by atoms with Crippen molar-refractivity contribution in [3.8, 4) is 0 Å². The highest BCUT2D eigenvalue weighted by Gasteiger charge is 2.25. The van der Waals surface area contributed by atoms with Gasteiger partial charge in [-0.3, -0.25) is 4.79 Å². The highest BCUT2D eigenvalue weighted by Crippen LogP contribution is 2.12. The summed E-state index contributed by atoms with van der Waals surface area (Å²) >= 11 is 0. The molecule has 0 saturated carbocycles. The SMILES string of the molecule is CNC[C@H](O)[C@@H](Cc1ccccc1)C(=O)O. The molecule has 4 heteroatoms. The Bertz CT molecular complexity index is 326. The van der Waals surface area contributed by atoms with Crippen LogP contribution in [0.2, 0.25) is 0 Å². The highest BCUT2D eigenvalue weighted by molar-refractivity contribution is 5.71. The number of carboxylic acid groups (broad SMARTS) is 1. The number of aliphatic hydroxyl groups is 1. The topological polar surface area (TPSA) is 69.6 Å². The van der Waals surface area contributed by atoms with Gasteiger partial charge in [-0.25, -0.2) is 0 Å². The Kier molecular flexibility index (Phi) is 4.95. The van der Waals surface area contributed by atoms with E-state index in [1.165, 1.54) is 0 Å². The zero-order valence-electron chi connectivity index (χ0n) is 9.26. The van der Waals surface area contributed by atoms with Crippen LogP contribution in [0, 0.1) is 5.92 Å². The maximum Gasteiger partial charge on any atom is 0.309 e. The van der Waals surface area contributed by atoms with Crippen LogP contribution in [0.3, 0.4) is 0 Å². The monoisotopic (exact) mass is 223 g/mol. The molecule has 0 aromatic heterocycles. The van der Waals surface area contributed by atoms with E-state index in [1.807, 2.05) is 30.3 Å². The van der Waals surface area contributed by atoms with Crippen LogP contribution in [0.25, 0.3) is 0 Å². The molecule has 0 spiro atoms. The fraction of sp³-hybridized carbons (Fsp3) is 0.417. The largest absolute Gasteiger partial charge is 0.481 e. The minimum Gasteiger partial charge on any atom is -0.481 e. The number of hydrogen-bond donors (Lipinski definition) is 3. The average molecular weight is 223 g/mol. The van der Waals surface area contributed by atoms with Crippen molar-refractivity contribution in [3.63, 3.8) is 0 Å². The first-order valence-electron chi connectivity index (χ1n) is 5.24. The summed E-state index contributed by atoms with van der Waals surface area (Å²) in [6, 6.07) is 9.32. The maximum atomic E-state index is 11.0. The molecular weight excluding hydrogens is 206 g/mol. The van der Waals surface area contributed by atoms with E-state index in [0.717, 1.165) is 5.56 Å². The number of carbonyl (C=O) groups is 1. The number of likely N-dealkylation sites (N-methyl/N-ethyl adjacent to an activating group) is 1. The predicted molar refractivity (Wildman–Crippen MR) is 61.2 cm³/mol. The smallest absolute Gasteiger partial charge is 0.309 e. The number of nitrogens with one attached hydrogen (secondary N) is 1. The van der Waals surface area contributed by atoms with E-state index in [-0.39, 0.29) is 6.54 Å². The molecule has 0 radical (unpaired) electrons. The molecule has 0 amide bonds. The van der Waals surface area contributed by atoms with Crippen LogP contribution in [0.4, 0.5) is 0 Å². The van der Waals surface area contributed by atoms with E-state index in [1.54, 1.807) is 7.05 Å². The molecule has 1 aromatic rings. The summed E-state index contributed by atoms with van der Waals surface area (Å²) in [4.78, 5) is 11.0. The summed E-state index contributed by atoms with van der Waals surface area (Å²) in [5.74, 6) is -1.73.